The number of hydrogen-bond acceptors (Lipinski definition) is 5. The summed E-state index contributed by atoms with van der Waals surface area (Å²) < 4.78 is 1.43. The van der Waals surface area contributed by atoms with Gasteiger partial charge in [0.05, 0.1) is 0 Å². The number of aromatic amines is 1. The van der Waals surface area contributed by atoms with E-state index in [1.54, 1.807) is 7.05 Å². The average Bonchev–Trinajstić information content (AvgIpc) is 2.41. The third-order valence-electron chi connectivity index (χ3n) is 2.93. The van der Waals surface area contributed by atoms with Gasteiger partial charge >= 0.3 is 11.1 Å². The molecule has 1 heterocycles. The van der Waals surface area contributed by atoms with Crippen LogP contribution >= 0.6 is 11.8 Å². The topological polar surface area (TPSA) is 93.8 Å². The van der Waals surface area contributed by atoms with E-state index in [-0.39, 0.29) is 6.04 Å². The standard InChI is InChI=1S/C13H16N4O2S/c1-8-5-3-4-6-9(8)10(14)7-20-13-15-11(18)12(19)16-17(13)2/h3-6,10H,7,14H2,1-2H3,(H,16,19). The van der Waals surface area contributed by atoms with Crippen LogP contribution in [0.25, 0.3) is 0 Å². The zero-order valence-electron chi connectivity index (χ0n) is 11.3. The molecule has 0 saturated heterocycles. The molecule has 0 fully saturated rings. The van der Waals surface area contributed by atoms with Crippen LogP contribution in [-0.4, -0.2) is 20.5 Å². The second kappa shape index (κ2) is 6.06. The molecule has 1 unspecified atom stereocenters. The molecule has 0 aliphatic rings. The number of rotatable bonds is 4. The molecule has 0 radical (unpaired) electrons. The van der Waals surface area contributed by atoms with E-state index in [4.69, 9.17) is 5.73 Å². The molecule has 1 aromatic carbocycles. The number of thioether (sulfide) groups is 1. The molecule has 0 aliphatic heterocycles. The van der Waals surface area contributed by atoms with Crippen LogP contribution in [0.3, 0.4) is 0 Å². The summed E-state index contributed by atoms with van der Waals surface area (Å²) in [6, 6.07) is 7.74. The lowest BCUT2D eigenvalue weighted by molar-refractivity contribution is 0.595. The van der Waals surface area contributed by atoms with Crippen molar-refractivity contribution < 1.29 is 0 Å². The minimum atomic E-state index is -0.782. The average molecular weight is 292 g/mol. The first-order valence-corrected chi connectivity index (χ1v) is 7.09. The molecule has 0 amide bonds. The molecule has 7 heteroatoms. The number of hydrogen-bond donors (Lipinski definition) is 2. The van der Waals surface area contributed by atoms with Crippen molar-refractivity contribution in [2.45, 2.75) is 18.1 Å². The normalized spacial score (nSPS) is 12.3. The Morgan fingerprint density at radius 1 is 1.40 bits per heavy atom. The van der Waals surface area contributed by atoms with E-state index in [0.717, 1.165) is 11.1 Å². The molecular formula is C13H16N4O2S. The van der Waals surface area contributed by atoms with Crippen molar-refractivity contribution in [3.05, 3.63) is 56.1 Å². The summed E-state index contributed by atoms with van der Waals surface area (Å²) in [5.74, 6) is 0.567. The highest BCUT2D eigenvalue weighted by molar-refractivity contribution is 7.99. The third-order valence-corrected chi connectivity index (χ3v) is 4.08. The third kappa shape index (κ3) is 3.17. The van der Waals surface area contributed by atoms with Crippen molar-refractivity contribution in [1.29, 1.82) is 0 Å². The van der Waals surface area contributed by atoms with Gasteiger partial charge in [0.1, 0.15) is 0 Å². The van der Waals surface area contributed by atoms with Gasteiger partial charge in [-0.15, -0.1) is 0 Å². The van der Waals surface area contributed by atoms with E-state index in [9.17, 15) is 9.59 Å². The maximum absolute atomic E-state index is 11.2. The van der Waals surface area contributed by atoms with Gasteiger partial charge in [0, 0.05) is 18.8 Å². The Bertz CT molecular complexity index is 723. The Kier molecular flexibility index (Phi) is 4.41. The molecule has 20 heavy (non-hydrogen) atoms. The molecule has 106 valence electrons. The first kappa shape index (κ1) is 14.5. The summed E-state index contributed by atoms with van der Waals surface area (Å²) in [6.07, 6.45) is 0. The molecule has 6 nitrogen and oxygen atoms in total. The molecule has 1 atom stereocenters. The number of nitrogens with two attached hydrogens (primary N) is 1. The van der Waals surface area contributed by atoms with E-state index in [0.29, 0.717) is 10.9 Å². The lowest BCUT2D eigenvalue weighted by Crippen LogP contribution is -2.34. The van der Waals surface area contributed by atoms with E-state index < -0.39 is 11.1 Å². The predicted molar refractivity (Wildman–Crippen MR) is 78.9 cm³/mol. The Morgan fingerprint density at radius 2 is 2.10 bits per heavy atom. The fourth-order valence-electron chi connectivity index (χ4n) is 1.85. The van der Waals surface area contributed by atoms with Gasteiger partial charge in [-0.1, -0.05) is 36.0 Å². The first-order chi connectivity index (χ1) is 9.49. The highest BCUT2D eigenvalue weighted by Crippen LogP contribution is 2.22. The Balaban J connectivity index is 2.13. The van der Waals surface area contributed by atoms with Crippen molar-refractivity contribution in [2.75, 3.05) is 5.75 Å². The highest BCUT2D eigenvalue weighted by Gasteiger charge is 2.11. The second-order valence-electron chi connectivity index (χ2n) is 4.47. The lowest BCUT2D eigenvalue weighted by atomic mass is 10.0. The number of aryl methyl sites for hydroxylation is 2. The van der Waals surface area contributed by atoms with E-state index in [1.165, 1.54) is 16.4 Å². The number of aromatic nitrogens is 3. The number of H-pyrrole nitrogens is 1. The van der Waals surface area contributed by atoms with Crippen LogP contribution in [0.2, 0.25) is 0 Å². The summed E-state index contributed by atoms with van der Waals surface area (Å²) >= 11 is 1.34. The van der Waals surface area contributed by atoms with Gasteiger partial charge in [-0.2, -0.15) is 4.98 Å². The predicted octanol–water partition coefficient (Wildman–Crippen LogP) is 0.569. The number of nitrogens with zero attached hydrogens (tertiary/aromatic N) is 2. The minimum Gasteiger partial charge on any atom is -0.323 e. The zero-order valence-corrected chi connectivity index (χ0v) is 12.1. The van der Waals surface area contributed by atoms with Gasteiger partial charge in [-0.3, -0.25) is 19.4 Å². The van der Waals surface area contributed by atoms with Crippen LogP contribution in [-0.2, 0) is 7.05 Å². The van der Waals surface area contributed by atoms with Crippen molar-refractivity contribution in [3.8, 4) is 0 Å². The molecular weight excluding hydrogens is 276 g/mol. The molecule has 1 aromatic heterocycles. The summed E-state index contributed by atoms with van der Waals surface area (Å²) in [6.45, 7) is 2.01. The Morgan fingerprint density at radius 3 is 2.80 bits per heavy atom. The van der Waals surface area contributed by atoms with Gasteiger partial charge < -0.3 is 5.73 Å². The second-order valence-corrected chi connectivity index (χ2v) is 5.46. The molecule has 0 saturated carbocycles. The van der Waals surface area contributed by atoms with Crippen LogP contribution in [0, 0.1) is 6.92 Å². The summed E-state index contributed by atoms with van der Waals surface area (Å²) in [5.41, 5.74) is 6.84. The first-order valence-electron chi connectivity index (χ1n) is 6.10. The summed E-state index contributed by atoms with van der Waals surface area (Å²) in [7, 11) is 1.63. The molecule has 0 bridgehead atoms. The van der Waals surface area contributed by atoms with Gasteiger partial charge in [0.25, 0.3) is 0 Å². The van der Waals surface area contributed by atoms with Gasteiger partial charge in [-0.25, -0.2) is 0 Å². The monoisotopic (exact) mass is 292 g/mol. The number of benzene rings is 1. The summed E-state index contributed by atoms with van der Waals surface area (Å²) in [4.78, 5) is 26.1. The van der Waals surface area contributed by atoms with E-state index in [2.05, 4.69) is 10.1 Å². The molecule has 2 aromatic rings. The van der Waals surface area contributed by atoms with Crippen molar-refractivity contribution >= 4 is 11.8 Å². The largest absolute Gasteiger partial charge is 0.339 e. The van der Waals surface area contributed by atoms with E-state index in [1.807, 2.05) is 31.2 Å². The van der Waals surface area contributed by atoms with Gasteiger partial charge in [0.15, 0.2) is 5.16 Å². The van der Waals surface area contributed by atoms with Gasteiger partial charge in [-0.05, 0) is 18.1 Å². The maximum Gasteiger partial charge on any atom is 0.339 e. The lowest BCUT2D eigenvalue weighted by Gasteiger charge is -2.14. The quantitative estimate of drug-likeness (QED) is 0.634. The molecule has 0 spiro atoms. The Labute approximate surface area is 120 Å². The minimum absolute atomic E-state index is 0.162. The van der Waals surface area contributed by atoms with Crippen LogP contribution in [0.1, 0.15) is 17.2 Å². The van der Waals surface area contributed by atoms with Crippen LogP contribution in [0.15, 0.2) is 39.0 Å². The van der Waals surface area contributed by atoms with E-state index >= 15 is 0 Å². The summed E-state index contributed by atoms with van der Waals surface area (Å²) in [5, 5.41) is 2.85. The molecule has 2 rings (SSSR count). The molecule has 0 aliphatic carbocycles. The van der Waals surface area contributed by atoms with Crippen LogP contribution in [0.4, 0.5) is 0 Å². The number of nitrogens with one attached hydrogen (secondary N) is 1. The smallest absolute Gasteiger partial charge is 0.323 e. The van der Waals surface area contributed by atoms with Crippen molar-refractivity contribution in [2.24, 2.45) is 12.8 Å². The highest BCUT2D eigenvalue weighted by atomic mass is 32.2. The van der Waals surface area contributed by atoms with Crippen LogP contribution in [0.5, 0.6) is 0 Å². The fraction of sp³-hybridized carbons (Fsp3) is 0.308. The maximum atomic E-state index is 11.2. The van der Waals surface area contributed by atoms with Gasteiger partial charge in [0.2, 0.25) is 0 Å². The van der Waals surface area contributed by atoms with Crippen molar-refractivity contribution in [3.63, 3.8) is 0 Å². The Hall–Kier alpha value is -1.86. The SMILES string of the molecule is Cc1ccccc1C(N)CSc1nc(=O)c(=O)[nH]n1C. The molecule has 3 N–H and O–H groups in total. The van der Waals surface area contributed by atoms with Crippen molar-refractivity contribution in [1.82, 2.24) is 14.8 Å². The van der Waals surface area contributed by atoms with Crippen LogP contribution < -0.4 is 16.9 Å². The zero-order chi connectivity index (χ0) is 14.7. The fourth-order valence-corrected chi connectivity index (χ4v) is 2.74.